The van der Waals surface area contributed by atoms with E-state index in [0.717, 1.165) is 74.3 Å². The second-order valence-electron chi connectivity index (χ2n) is 18.1. The van der Waals surface area contributed by atoms with Crippen molar-refractivity contribution in [3.63, 3.8) is 0 Å². The largest absolute Gasteiger partial charge is 0.488 e. The predicted octanol–water partition coefficient (Wildman–Crippen LogP) is 7.78. The standard InChI is InChI=1S/C48H58FN7O8/c1-24(2)42(53-47(59)61-7)45(57)55-21-28(22-63-27(6)49)15-40(55)37-18-34-33-19-41-35(17-29(33)11-13-36(34)51-37)32-12-10-30(16-31(32)23-64-41)38-20-50-44(52-38)39-14-9-26(5)56(39)46(58)43(25(3)4)54-48(60)62-8/h10-13,16-17,19-20,24-28,39-40,42-43H,9,14-15,18,21-23H2,1-8H3,(H,50,52)(H,53,59)(H,54,60)/t26-,27?,28-,39-,40-,42-,43-/m0/s1. The maximum atomic E-state index is 14.1. The molecule has 0 aliphatic carbocycles. The highest BCUT2D eigenvalue weighted by Gasteiger charge is 2.44. The lowest BCUT2D eigenvalue weighted by Gasteiger charge is -2.32. The zero-order valence-corrected chi connectivity index (χ0v) is 37.7. The molecule has 0 saturated carbocycles. The van der Waals surface area contributed by atoms with Gasteiger partial charge >= 0.3 is 12.2 Å². The fourth-order valence-corrected chi connectivity index (χ4v) is 9.78. The molecule has 16 heteroatoms. The van der Waals surface area contributed by atoms with Crippen molar-refractivity contribution in [2.75, 3.05) is 27.4 Å². The topological polar surface area (TPSA) is 177 Å². The summed E-state index contributed by atoms with van der Waals surface area (Å²) >= 11 is 0. The Morgan fingerprint density at radius 3 is 2.31 bits per heavy atom. The van der Waals surface area contributed by atoms with Crippen LogP contribution in [-0.2, 0) is 36.8 Å². The van der Waals surface area contributed by atoms with Gasteiger partial charge in [-0.15, -0.1) is 0 Å². The number of carbonyl (C=O) groups is 4. The molecule has 1 aromatic heterocycles. The normalized spacial score (nSPS) is 21.5. The summed E-state index contributed by atoms with van der Waals surface area (Å²) in [6, 6.07) is 12.4. The molecule has 4 amide bonds. The zero-order chi connectivity index (χ0) is 45.6. The molecule has 15 nitrogen and oxygen atoms in total. The second kappa shape index (κ2) is 18.2. The number of imidazole rings is 1. The number of hydrogen-bond acceptors (Lipinski definition) is 10. The lowest BCUT2D eigenvalue weighted by Crippen LogP contribution is -2.53. The third-order valence-electron chi connectivity index (χ3n) is 13.2. The third-order valence-corrected chi connectivity index (χ3v) is 13.2. The molecule has 1 unspecified atom stereocenters. The van der Waals surface area contributed by atoms with E-state index in [1.165, 1.54) is 21.1 Å². The summed E-state index contributed by atoms with van der Waals surface area (Å²) in [6.45, 7) is 11.8. The molecule has 5 heterocycles. The maximum Gasteiger partial charge on any atom is 0.407 e. The highest BCUT2D eigenvalue weighted by molar-refractivity contribution is 6.06. The maximum absolute atomic E-state index is 14.1. The van der Waals surface area contributed by atoms with E-state index < -0.39 is 30.6 Å². The number of aromatic amines is 1. The highest BCUT2D eigenvalue weighted by Crippen LogP contribution is 2.45. The fourth-order valence-electron chi connectivity index (χ4n) is 9.78. The molecule has 8 rings (SSSR count). The Kier molecular flexibility index (Phi) is 12.7. The first-order valence-electron chi connectivity index (χ1n) is 22.2. The van der Waals surface area contributed by atoms with E-state index in [1.54, 1.807) is 11.1 Å². The molecule has 2 fully saturated rings. The summed E-state index contributed by atoms with van der Waals surface area (Å²) in [6.07, 6.45) is 1.67. The Morgan fingerprint density at radius 1 is 0.906 bits per heavy atom. The van der Waals surface area contributed by atoms with Gasteiger partial charge in [-0.3, -0.25) is 14.6 Å². The van der Waals surface area contributed by atoms with Crippen LogP contribution in [0.2, 0.25) is 0 Å². The van der Waals surface area contributed by atoms with Crippen LogP contribution >= 0.6 is 0 Å². The van der Waals surface area contributed by atoms with Gasteiger partial charge < -0.3 is 44.4 Å². The molecular formula is C48H58FN7O8. The van der Waals surface area contributed by atoms with E-state index in [-0.39, 0.29) is 54.3 Å². The Morgan fingerprint density at radius 2 is 1.62 bits per heavy atom. The summed E-state index contributed by atoms with van der Waals surface area (Å²) in [5.74, 6) is 0.599. The molecule has 64 heavy (non-hydrogen) atoms. The van der Waals surface area contributed by atoms with Crippen LogP contribution in [0.1, 0.15) is 83.8 Å². The van der Waals surface area contributed by atoms with Gasteiger partial charge in [0.15, 0.2) is 6.36 Å². The van der Waals surface area contributed by atoms with E-state index in [0.29, 0.717) is 31.8 Å². The number of hydrogen-bond donors (Lipinski definition) is 3. The van der Waals surface area contributed by atoms with Crippen LogP contribution in [0.15, 0.2) is 53.7 Å². The number of ether oxygens (including phenoxy) is 4. The highest BCUT2D eigenvalue weighted by atomic mass is 19.1. The number of likely N-dealkylation sites (tertiary alicyclic amines) is 2. The minimum atomic E-state index is -1.43. The minimum Gasteiger partial charge on any atom is -0.488 e. The first kappa shape index (κ1) is 44.6. The van der Waals surface area contributed by atoms with Crippen molar-refractivity contribution >= 4 is 46.2 Å². The number of rotatable bonds is 12. The number of aromatic nitrogens is 2. The van der Waals surface area contributed by atoms with Gasteiger partial charge in [0.2, 0.25) is 11.8 Å². The van der Waals surface area contributed by atoms with Crippen LogP contribution in [0.4, 0.5) is 19.7 Å². The number of carbonyl (C=O) groups excluding carboxylic acids is 4. The summed E-state index contributed by atoms with van der Waals surface area (Å²) in [5.41, 5.74) is 7.56. The molecule has 4 aromatic rings. The van der Waals surface area contributed by atoms with Crippen molar-refractivity contribution < 1.29 is 42.5 Å². The average Bonchev–Trinajstić information content (AvgIpc) is 4.10. The van der Waals surface area contributed by atoms with Crippen LogP contribution in [0, 0.1) is 17.8 Å². The summed E-state index contributed by atoms with van der Waals surface area (Å²) < 4.78 is 35.2. The van der Waals surface area contributed by atoms with Crippen LogP contribution in [0.25, 0.3) is 33.2 Å². The Bertz CT molecular complexity index is 2480. The van der Waals surface area contributed by atoms with Crippen molar-refractivity contribution in [2.24, 2.45) is 22.7 Å². The van der Waals surface area contributed by atoms with Gasteiger partial charge in [-0.05, 0) is 102 Å². The van der Waals surface area contributed by atoms with E-state index in [4.69, 9.17) is 28.9 Å². The Balaban J connectivity index is 1.02. The predicted molar refractivity (Wildman–Crippen MR) is 239 cm³/mol. The molecule has 0 bridgehead atoms. The van der Waals surface area contributed by atoms with Crippen LogP contribution in [-0.4, -0.2) is 107 Å². The summed E-state index contributed by atoms with van der Waals surface area (Å²) in [4.78, 5) is 69.4. The van der Waals surface area contributed by atoms with Crippen molar-refractivity contribution in [2.45, 2.75) is 110 Å². The van der Waals surface area contributed by atoms with E-state index >= 15 is 0 Å². The van der Waals surface area contributed by atoms with Crippen molar-refractivity contribution in [1.29, 1.82) is 0 Å². The van der Waals surface area contributed by atoms with Gasteiger partial charge in [-0.25, -0.2) is 19.0 Å². The number of H-pyrrole nitrogens is 1. The van der Waals surface area contributed by atoms with Gasteiger partial charge in [-0.2, -0.15) is 0 Å². The number of nitrogens with zero attached hydrogens (tertiary/aromatic N) is 4. The van der Waals surface area contributed by atoms with Gasteiger partial charge in [0.1, 0.15) is 30.3 Å². The van der Waals surface area contributed by atoms with Crippen molar-refractivity contribution in [3.05, 3.63) is 65.6 Å². The number of methoxy groups -OCH3 is 2. The first-order chi connectivity index (χ1) is 30.6. The van der Waals surface area contributed by atoms with Gasteiger partial charge in [0.05, 0.1) is 50.5 Å². The number of amides is 4. The lowest BCUT2D eigenvalue weighted by molar-refractivity contribution is -0.137. The second-order valence-corrected chi connectivity index (χ2v) is 18.1. The van der Waals surface area contributed by atoms with E-state index in [9.17, 15) is 23.6 Å². The van der Waals surface area contributed by atoms with E-state index in [2.05, 4.69) is 52.0 Å². The minimum absolute atomic E-state index is 0.0277. The lowest BCUT2D eigenvalue weighted by atomic mass is 9.90. The molecule has 4 aliphatic heterocycles. The van der Waals surface area contributed by atoms with Crippen LogP contribution < -0.4 is 15.4 Å². The summed E-state index contributed by atoms with van der Waals surface area (Å²) in [5, 5.41) is 7.48. The SMILES string of the molecule is COC(=O)N[C@H](C(=O)N1C[C@@H](COC(C)F)C[C@H]1C1=Nc2ccc3cc4c(cc3c2C1)OCc1cc(-c2cnc([C@@H]3CC[C@H](C)N3C(=O)[C@@H](NC(=O)OC)C(C)C)[nH]2)ccc1-4)C(C)C. The fraction of sp³-hybridized carbons (Fsp3) is 0.500. The third kappa shape index (κ3) is 8.63. The molecule has 4 aliphatic rings. The molecule has 0 spiro atoms. The number of aliphatic imine (C=N–C) groups is 1. The van der Waals surface area contributed by atoms with Gasteiger partial charge in [0, 0.05) is 36.2 Å². The molecule has 3 N–H and O–H groups in total. The average molecular weight is 880 g/mol. The quantitative estimate of drug-likeness (QED) is 0.128. The van der Waals surface area contributed by atoms with Crippen LogP contribution in [0.3, 0.4) is 0 Å². The monoisotopic (exact) mass is 879 g/mol. The molecule has 2 saturated heterocycles. The summed E-state index contributed by atoms with van der Waals surface area (Å²) in [7, 11) is 2.55. The molecular weight excluding hydrogens is 822 g/mol. The number of fused-ring (bicyclic) bond motifs is 6. The Hall–Kier alpha value is -6.03. The first-order valence-corrected chi connectivity index (χ1v) is 22.2. The smallest absolute Gasteiger partial charge is 0.407 e. The Labute approximate surface area is 372 Å². The molecule has 0 radical (unpaired) electrons. The van der Waals surface area contributed by atoms with E-state index in [1.807, 2.05) is 45.6 Å². The number of alkyl carbamates (subject to hydrolysis) is 2. The van der Waals surface area contributed by atoms with Gasteiger partial charge in [0.25, 0.3) is 0 Å². The number of benzene rings is 3. The number of alkyl halides is 1. The number of halogens is 1. The number of nitrogens with one attached hydrogen (secondary N) is 3. The van der Waals surface area contributed by atoms with Gasteiger partial charge in [-0.1, -0.05) is 45.9 Å². The molecule has 340 valence electrons. The molecule has 7 atom stereocenters. The zero-order valence-electron chi connectivity index (χ0n) is 37.7. The van der Waals surface area contributed by atoms with Crippen LogP contribution in [0.5, 0.6) is 5.75 Å². The van der Waals surface area contributed by atoms with Crippen molar-refractivity contribution in [3.8, 4) is 28.1 Å². The molecule has 3 aromatic carbocycles. The van der Waals surface area contributed by atoms with Crippen molar-refractivity contribution in [1.82, 2.24) is 30.4 Å².